The molecule has 4 heterocycles. The molecule has 1 aliphatic rings. The van der Waals surface area contributed by atoms with Crippen LogP contribution in [0, 0.1) is 5.92 Å². The van der Waals surface area contributed by atoms with Gasteiger partial charge in [0.2, 0.25) is 0 Å². The van der Waals surface area contributed by atoms with Crippen molar-refractivity contribution in [1.82, 2.24) is 19.2 Å². The minimum Gasteiger partial charge on any atom is -0.494 e. The van der Waals surface area contributed by atoms with Gasteiger partial charge in [0, 0.05) is 24.3 Å². The molecule has 0 amide bonds. The van der Waals surface area contributed by atoms with E-state index < -0.39 is 11.9 Å². The molecule has 0 bridgehead atoms. The summed E-state index contributed by atoms with van der Waals surface area (Å²) in [6, 6.07) is 7.16. The maximum atomic E-state index is 12.3. The summed E-state index contributed by atoms with van der Waals surface area (Å²) in [4.78, 5) is 28.9. The van der Waals surface area contributed by atoms with E-state index in [-0.39, 0.29) is 22.4 Å². The summed E-state index contributed by atoms with van der Waals surface area (Å²) >= 11 is 0. The topological polar surface area (TPSA) is 108 Å². The Morgan fingerprint density at radius 1 is 1.26 bits per heavy atom. The van der Waals surface area contributed by atoms with Gasteiger partial charge in [-0.25, -0.2) is 19.1 Å². The number of carbonyl (C=O) groups is 2. The number of nitrogens with zero attached hydrogens (tertiary/aromatic N) is 4. The summed E-state index contributed by atoms with van der Waals surface area (Å²) in [6.45, 7) is 0.743. The zero-order chi connectivity index (χ0) is 21.7. The number of hydrogen-bond acceptors (Lipinski definition) is 6. The monoisotopic (exact) mass is 420 g/mol. The molecule has 0 aromatic carbocycles. The highest BCUT2D eigenvalue weighted by molar-refractivity contribution is 6.05. The quantitative estimate of drug-likeness (QED) is 0.477. The van der Waals surface area contributed by atoms with Gasteiger partial charge in [-0.2, -0.15) is 5.10 Å². The van der Waals surface area contributed by atoms with Crippen LogP contribution in [0.2, 0.25) is 0 Å². The first-order chi connectivity index (χ1) is 15.0. The van der Waals surface area contributed by atoms with Gasteiger partial charge in [-0.3, -0.25) is 0 Å². The number of methoxy groups -OCH3 is 2. The Hall–Kier alpha value is -3.88. The molecule has 0 atom stereocenters. The number of aromatic nitrogens is 4. The number of carbonyl (C=O) groups excluding carboxylic acids is 1. The van der Waals surface area contributed by atoms with E-state index in [1.807, 2.05) is 22.8 Å². The number of carboxylic acid groups (broad SMARTS) is 1. The number of hydrogen-bond donors (Lipinski definition) is 1. The molecule has 1 saturated carbocycles. The van der Waals surface area contributed by atoms with Crippen LogP contribution in [0.4, 0.5) is 0 Å². The maximum absolute atomic E-state index is 12.3. The van der Waals surface area contributed by atoms with Gasteiger partial charge in [-0.1, -0.05) is 0 Å². The maximum Gasteiger partial charge on any atom is 0.340 e. The third-order valence-corrected chi connectivity index (χ3v) is 5.58. The first-order valence-corrected chi connectivity index (χ1v) is 9.88. The summed E-state index contributed by atoms with van der Waals surface area (Å²) in [7, 11) is 2.70. The fourth-order valence-electron chi connectivity index (χ4n) is 3.94. The van der Waals surface area contributed by atoms with Crippen molar-refractivity contribution in [3.05, 3.63) is 47.8 Å². The average Bonchev–Trinajstić information content (AvgIpc) is 3.40. The second kappa shape index (κ2) is 7.12. The first-order valence-electron chi connectivity index (χ1n) is 9.88. The van der Waals surface area contributed by atoms with E-state index in [9.17, 15) is 14.7 Å². The Morgan fingerprint density at radius 2 is 2.06 bits per heavy atom. The van der Waals surface area contributed by atoms with Crippen LogP contribution in [-0.4, -0.2) is 50.4 Å². The molecule has 1 N–H and O–H groups in total. The van der Waals surface area contributed by atoms with Crippen molar-refractivity contribution in [2.75, 3.05) is 14.2 Å². The predicted octanol–water partition coefficient (Wildman–Crippen LogP) is 3.25. The molecule has 9 heteroatoms. The van der Waals surface area contributed by atoms with Crippen molar-refractivity contribution in [2.24, 2.45) is 5.92 Å². The van der Waals surface area contributed by atoms with Gasteiger partial charge in [0.25, 0.3) is 0 Å². The van der Waals surface area contributed by atoms with E-state index in [0.717, 1.165) is 30.4 Å². The smallest absolute Gasteiger partial charge is 0.340 e. The Kier molecular flexibility index (Phi) is 4.39. The minimum atomic E-state index is -1.13. The molecule has 31 heavy (non-hydrogen) atoms. The molecule has 1 aliphatic carbocycles. The first kappa shape index (κ1) is 19.1. The summed E-state index contributed by atoms with van der Waals surface area (Å²) in [5, 5.41) is 15.6. The molecule has 4 aromatic rings. The number of fused-ring (bicyclic) bond motifs is 2. The Bertz CT molecular complexity index is 1350. The third kappa shape index (κ3) is 3.09. The third-order valence-electron chi connectivity index (χ3n) is 5.58. The molecule has 0 saturated heterocycles. The highest BCUT2D eigenvalue weighted by Gasteiger charge is 2.30. The number of rotatable bonds is 6. The Balaban J connectivity index is 1.82. The van der Waals surface area contributed by atoms with Crippen LogP contribution >= 0.6 is 0 Å². The molecule has 5 rings (SSSR count). The van der Waals surface area contributed by atoms with Crippen molar-refractivity contribution in [3.63, 3.8) is 0 Å². The normalized spacial score (nSPS) is 13.6. The van der Waals surface area contributed by atoms with Crippen LogP contribution in [0.3, 0.4) is 0 Å². The van der Waals surface area contributed by atoms with Crippen molar-refractivity contribution in [1.29, 1.82) is 0 Å². The highest BCUT2D eigenvalue weighted by atomic mass is 16.5. The van der Waals surface area contributed by atoms with E-state index in [1.165, 1.54) is 31.0 Å². The number of aromatic carboxylic acids is 1. The van der Waals surface area contributed by atoms with Gasteiger partial charge < -0.3 is 19.1 Å². The number of carboxylic acids is 1. The van der Waals surface area contributed by atoms with E-state index in [0.29, 0.717) is 17.3 Å². The fraction of sp³-hybridized carbons (Fsp3) is 0.273. The lowest BCUT2D eigenvalue weighted by atomic mass is 10.1. The van der Waals surface area contributed by atoms with Crippen LogP contribution in [0.25, 0.3) is 27.9 Å². The van der Waals surface area contributed by atoms with Crippen LogP contribution < -0.4 is 4.74 Å². The van der Waals surface area contributed by atoms with E-state index >= 15 is 0 Å². The molecule has 1 fully saturated rings. The van der Waals surface area contributed by atoms with Crippen molar-refractivity contribution < 1.29 is 24.2 Å². The minimum absolute atomic E-state index is 0.00752. The second-order valence-corrected chi connectivity index (χ2v) is 7.61. The van der Waals surface area contributed by atoms with Gasteiger partial charge >= 0.3 is 11.9 Å². The average molecular weight is 420 g/mol. The molecule has 0 spiro atoms. The lowest BCUT2D eigenvalue weighted by Crippen LogP contribution is -2.06. The molecule has 9 nitrogen and oxygen atoms in total. The lowest BCUT2D eigenvalue weighted by molar-refractivity contribution is 0.0599. The van der Waals surface area contributed by atoms with Gasteiger partial charge in [0.05, 0.1) is 25.5 Å². The summed E-state index contributed by atoms with van der Waals surface area (Å²) < 4.78 is 13.6. The van der Waals surface area contributed by atoms with Crippen LogP contribution in [0.15, 0.2) is 36.7 Å². The summed E-state index contributed by atoms with van der Waals surface area (Å²) in [5.41, 5.74) is 2.25. The van der Waals surface area contributed by atoms with Gasteiger partial charge in [-0.15, -0.1) is 0 Å². The van der Waals surface area contributed by atoms with E-state index in [1.54, 1.807) is 6.20 Å². The number of ether oxygens (including phenoxy) is 2. The predicted molar refractivity (Wildman–Crippen MR) is 111 cm³/mol. The molecular weight excluding hydrogens is 400 g/mol. The largest absolute Gasteiger partial charge is 0.494 e. The molecule has 0 aliphatic heterocycles. The summed E-state index contributed by atoms with van der Waals surface area (Å²) in [5.74, 6) is -0.935. The molecule has 0 radical (unpaired) electrons. The van der Waals surface area contributed by atoms with Crippen molar-refractivity contribution >= 4 is 28.5 Å². The SMILES string of the molecule is COC(=O)c1cc(OC)c2c(C(=O)O)c(-c3cc4cccnc4n3CC3CC3)nn2c1. The van der Waals surface area contributed by atoms with Crippen LogP contribution in [0.1, 0.15) is 33.6 Å². The zero-order valence-corrected chi connectivity index (χ0v) is 17.0. The molecule has 0 unspecified atom stereocenters. The van der Waals surface area contributed by atoms with Gasteiger partial charge in [0.15, 0.2) is 0 Å². The Morgan fingerprint density at radius 3 is 2.74 bits per heavy atom. The summed E-state index contributed by atoms with van der Waals surface area (Å²) in [6.07, 6.45) is 5.45. The fourth-order valence-corrected chi connectivity index (χ4v) is 3.94. The molecule has 4 aromatic heterocycles. The lowest BCUT2D eigenvalue weighted by Gasteiger charge is -2.08. The van der Waals surface area contributed by atoms with E-state index in [2.05, 4.69) is 10.1 Å². The zero-order valence-electron chi connectivity index (χ0n) is 17.0. The molecule has 158 valence electrons. The van der Waals surface area contributed by atoms with Crippen LogP contribution in [0.5, 0.6) is 5.75 Å². The highest BCUT2D eigenvalue weighted by Crippen LogP contribution is 2.38. The van der Waals surface area contributed by atoms with E-state index in [4.69, 9.17) is 9.47 Å². The van der Waals surface area contributed by atoms with Crippen molar-refractivity contribution in [2.45, 2.75) is 19.4 Å². The standard InChI is InChI=1S/C22H20N4O5/c1-30-16-9-14(22(29)31-2)11-26-19(16)17(21(27)28)18(24-26)15-8-13-4-3-7-23-20(13)25(15)10-12-5-6-12/h3-4,7-9,11-12H,5-6,10H2,1-2H3,(H,27,28). The van der Waals surface area contributed by atoms with Crippen molar-refractivity contribution in [3.8, 4) is 17.1 Å². The Labute approximate surface area is 176 Å². The van der Waals surface area contributed by atoms with Crippen LogP contribution in [-0.2, 0) is 11.3 Å². The number of pyridine rings is 2. The van der Waals surface area contributed by atoms with Gasteiger partial charge in [-0.05, 0) is 43.0 Å². The van der Waals surface area contributed by atoms with Gasteiger partial charge in [0.1, 0.15) is 28.2 Å². The number of esters is 1. The second-order valence-electron chi connectivity index (χ2n) is 7.61. The molecular formula is C22H20N4O5.